The van der Waals surface area contributed by atoms with Crippen molar-refractivity contribution in [3.63, 3.8) is 0 Å². The van der Waals surface area contributed by atoms with Crippen LogP contribution in [0, 0.1) is 0 Å². The predicted molar refractivity (Wildman–Crippen MR) is 85.1 cm³/mol. The van der Waals surface area contributed by atoms with E-state index in [0.29, 0.717) is 0 Å². The lowest BCUT2D eigenvalue weighted by Crippen LogP contribution is -2.22. The number of rotatable bonds is 6. The van der Waals surface area contributed by atoms with Gasteiger partial charge in [0.2, 0.25) is 0 Å². The molecule has 0 aliphatic heterocycles. The Balaban J connectivity index is 2.37. The Bertz CT molecular complexity index is 513. The molecule has 2 nitrogen and oxygen atoms in total. The molecule has 1 N–H and O–H groups in total. The van der Waals surface area contributed by atoms with Gasteiger partial charge >= 0.3 is 0 Å². The standard InChI is InChI=1S/C15H18BrNOS/c1-3-8-17-15(14-5-4-9-19-14)12-7-6-11(16)10-13(12)18-2/h4-7,9-10,15,17H,3,8H2,1-2H3. The lowest BCUT2D eigenvalue weighted by molar-refractivity contribution is 0.404. The Morgan fingerprint density at radius 1 is 1.37 bits per heavy atom. The minimum Gasteiger partial charge on any atom is -0.496 e. The lowest BCUT2D eigenvalue weighted by atomic mass is 10.0. The molecule has 1 unspecified atom stereocenters. The van der Waals surface area contributed by atoms with Gasteiger partial charge in [0.15, 0.2) is 0 Å². The van der Waals surface area contributed by atoms with E-state index in [0.717, 1.165) is 23.2 Å². The minimum atomic E-state index is 0.197. The first kappa shape index (κ1) is 14.6. The first-order valence-electron chi connectivity index (χ1n) is 6.36. The van der Waals surface area contributed by atoms with Crippen LogP contribution in [0.2, 0.25) is 0 Å². The minimum absolute atomic E-state index is 0.197. The highest BCUT2D eigenvalue weighted by Crippen LogP contribution is 2.34. The molecule has 102 valence electrons. The van der Waals surface area contributed by atoms with E-state index < -0.39 is 0 Å². The quantitative estimate of drug-likeness (QED) is 0.829. The van der Waals surface area contributed by atoms with Gasteiger partial charge in [-0.1, -0.05) is 35.0 Å². The van der Waals surface area contributed by atoms with Crippen LogP contribution < -0.4 is 10.1 Å². The van der Waals surface area contributed by atoms with Crippen LogP contribution in [-0.4, -0.2) is 13.7 Å². The fourth-order valence-corrected chi connectivity index (χ4v) is 3.19. The van der Waals surface area contributed by atoms with Gasteiger partial charge in [-0.25, -0.2) is 0 Å². The van der Waals surface area contributed by atoms with E-state index in [1.807, 2.05) is 6.07 Å². The topological polar surface area (TPSA) is 21.3 Å². The van der Waals surface area contributed by atoms with Crippen LogP contribution in [0.15, 0.2) is 40.2 Å². The molecule has 0 aliphatic rings. The summed E-state index contributed by atoms with van der Waals surface area (Å²) in [5.41, 5.74) is 1.18. The molecule has 0 spiro atoms. The maximum absolute atomic E-state index is 5.52. The number of ether oxygens (including phenoxy) is 1. The zero-order valence-electron chi connectivity index (χ0n) is 11.2. The monoisotopic (exact) mass is 339 g/mol. The molecule has 2 aromatic rings. The molecule has 0 bridgehead atoms. The molecule has 0 radical (unpaired) electrons. The highest BCUT2D eigenvalue weighted by Gasteiger charge is 2.18. The molecular weight excluding hydrogens is 322 g/mol. The van der Waals surface area contributed by atoms with Crippen LogP contribution in [0.5, 0.6) is 5.75 Å². The van der Waals surface area contributed by atoms with E-state index in [2.05, 4.69) is 57.8 Å². The van der Waals surface area contributed by atoms with Crippen LogP contribution in [0.3, 0.4) is 0 Å². The fourth-order valence-electron chi connectivity index (χ4n) is 2.03. The largest absolute Gasteiger partial charge is 0.496 e. The summed E-state index contributed by atoms with van der Waals surface area (Å²) in [6.45, 7) is 3.17. The van der Waals surface area contributed by atoms with Crippen molar-refractivity contribution >= 4 is 27.3 Å². The number of benzene rings is 1. The van der Waals surface area contributed by atoms with Crippen molar-refractivity contribution in [3.8, 4) is 5.75 Å². The third kappa shape index (κ3) is 3.59. The van der Waals surface area contributed by atoms with Gasteiger partial charge in [0.1, 0.15) is 5.75 Å². The number of nitrogens with one attached hydrogen (secondary N) is 1. The number of methoxy groups -OCH3 is 1. The Morgan fingerprint density at radius 3 is 2.84 bits per heavy atom. The second-order valence-corrected chi connectivity index (χ2v) is 6.18. The zero-order chi connectivity index (χ0) is 13.7. The van der Waals surface area contributed by atoms with Crippen molar-refractivity contribution in [1.82, 2.24) is 5.32 Å². The van der Waals surface area contributed by atoms with Gasteiger partial charge in [-0.05, 0) is 36.5 Å². The lowest BCUT2D eigenvalue weighted by Gasteiger charge is -2.20. The van der Waals surface area contributed by atoms with Crippen molar-refractivity contribution in [2.24, 2.45) is 0 Å². The Hall–Kier alpha value is -0.840. The molecule has 1 aromatic heterocycles. The molecule has 4 heteroatoms. The van der Waals surface area contributed by atoms with E-state index in [4.69, 9.17) is 4.74 Å². The first-order valence-corrected chi connectivity index (χ1v) is 8.03. The molecule has 1 heterocycles. The summed E-state index contributed by atoms with van der Waals surface area (Å²) in [5.74, 6) is 0.913. The molecule has 0 aliphatic carbocycles. The summed E-state index contributed by atoms with van der Waals surface area (Å²) in [5, 5.41) is 5.71. The SMILES string of the molecule is CCCNC(c1cccs1)c1ccc(Br)cc1OC. The average Bonchev–Trinajstić information content (AvgIpc) is 2.94. The van der Waals surface area contributed by atoms with Gasteiger partial charge in [0.25, 0.3) is 0 Å². The highest BCUT2D eigenvalue weighted by atomic mass is 79.9. The Kier molecular flexibility index (Phi) is 5.43. The van der Waals surface area contributed by atoms with Gasteiger partial charge in [-0.15, -0.1) is 11.3 Å². The van der Waals surface area contributed by atoms with Crippen LogP contribution in [0.25, 0.3) is 0 Å². The molecular formula is C15H18BrNOS. The molecule has 1 atom stereocenters. The summed E-state index contributed by atoms with van der Waals surface area (Å²) in [6.07, 6.45) is 1.11. The second-order valence-electron chi connectivity index (χ2n) is 4.29. The predicted octanol–water partition coefficient (Wildman–Crippen LogP) is 4.61. The summed E-state index contributed by atoms with van der Waals surface area (Å²) in [4.78, 5) is 1.31. The Morgan fingerprint density at radius 2 is 2.21 bits per heavy atom. The molecule has 2 rings (SSSR count). The molecule has 0 saturated carbocycles. The third-order valence-electron chi connectivity index (χ3n) is 2.93. The van der Waals surface area contributed by atoms with Gasteiger partial charge < -0.3 is 10.1 Å². The van der Waals surface area contributed by atoms with Crippen molar-refractivity contribution in [2.45, 2.75) is 19.4 Å². The van der Waals surface area contributed by atoms with Gasteiger partial charge in [0.05, 0.1) is 13.2 Å². The number of hydrogen-bond donors (Lipinski definition) is 1. The second kappa shape index (κ2) is 7.08. The van der Waals surface area contributed by atoms with Crippen LogP contribution >= 0.6 is 27.3 Å². The van der Waals surface area contributed by atoms with E-state index in [9.17, 15) is 0 Å². The molecule has 0 amide bonds. The molecule has 0 fully saturated rings. The highest BCUT2D eigenvalue weighted by molar-refractivity contribution is 9.10. The maximum Gasteiger partial charge on any atom is 0.125 e. The number of hydrogen-bond acceptors (Lipinski definition) is 3. The number of thiophene rings is 1. The normalized spacial score (nSPS) is 12.4. The summed E-state index contributed by atoms with van der Waals surface area (Å²) >= 11 is 5.26. The summed E-state index contributed by atoms with van der Waals surface area (Å²) < 4.78 is 6.56. The Labute approximate surface area is 126 Å². The van der Waals surface area contributed by atoms with Crippen LogP contribution in [0.4, 0.5) is 0 Å². The van der Waals surface area contributed by atoms with Crippen LogP contribution in [-0.2, 0) is 0 Å². The van der Waals surface area contributed by atoms with E-state index >= 15 is 0 Å². The maximum atomic E-state index is 5.52. The third-order valence-corrected chi connectivity index (χ3v) is 4.36. The summed E-state index contributed by atoms with van der Waals surface area (Å²) in [6, 6.07) is 10.7. The van der Waals surface area contributed by atoms with Crippen LogP contribution in [0.1, 0.15) is 29.8 Å². The first-order chi connectivity index (χ1) is 9.26. The van der Waals surface area contributed by atoms with E-state index in [1.54, 1.807) is 18.4 Å². The van der Waals surface area contributed by atoms with Crippen molar-refractivity contribution in [2.75, 3.05) is 13.7 Å². The smallest absolute Gasteiger partial charge is 0.125 e. The van der Waals surface area contributed by atoms with Gasteiger partial charge in [0, 0.05) is 14.9 Å². The van der Waals surface area contributed by atoms with E-state index in [1.165, 1.54) is 10.4 Å². The fraction of sp³-hybridized carbons (Fsp3) is 0.333. The number of halogens is 1. The van der Waals surface area contributed by atoms with Crippen molar-refractivity contribution < 1.29 is 4.74 Å². The zero-order valence-corrected chi connectivity index (χ0v) is 13.6. The van der Waals surface area contributed by atoms with Gasteiger partial charge in [-0.3, -0.25) is 0 Å². The average molecular weight is 340 g/mol. The van der Waals surface area contributed by atoms with E-state index in [-0.39, 0.29) is 6.04 Å². The van der Waals surface area contributed by atoms with Crippen molar-refractivity contribution in [3.05, 3.63) is 50.6 Å². The van der Waals surface area contributed by atoms with Crippen molar-refractivity contribution in [1.29, 1.82) is 0 Å². The molecule has 19 heavy (non-hydrogen) atoms. The molecule has 1 aromatic carbocycles. The summed E-state index contributed by atoms with van der Waals surface area (Å²) in [7, 11) is 1.72. The van der Waals surface area contributed by atoms with Gasteiger partial charge in [-0.2, -0.15) is 0 Å². The molecule has 0 saturated heterocycles.